The number of carbonyl (C=O) groups is 2. The number of ether oxygens (including phenoxy) is 2. The first kappa shape index (κ1) is 21.5. The number of hydrogen-bond acceptors (Lipinski definition) is 4. The Morgan fingerprint density at radius 2 is 1.52 bits per heavy atom. The summed E-state index contributed by atoms with van der Waals surface area (Å²) in [5.41, 5.74) is 0. The van der Waals surface area contributed by atoms with Crippen LogP contribution in [0.25, 0.3) is 25.1 Å². The number of halogens is 1. The summed E-state index contributed by atoms with van der Waals surface area (Å²) in [5.74, 6) is -0.362. The van der Waals surface area contributed by atoms with Gasteiger partial charge >= 0.3 is 11.9 Å². The van der Waals surface area contributed by atoms with Crippen molar-refractivity contribution < 1.29 is 19.1 Å². The molecule has 1 aromatic heterocycles. The van der Waals surface area contributed by atoms with Crippen molar-refractivity contribution in [3.63, 3.8) is 0 Å². The van der Waals surface area contributed by atoms with E-state index >= 15 is 0 Å². The Morgan fingerprint density at radius 1 is 0.903 bits per heavy atom. The minimum absolute atomic E-state index is 0.00354. The summed E-state index contributed by atoms with van der Waals surface area (Å²) in [6, 6.07) is 24.5. The lowest BCUT2D eigenvalue weighted by Crippen LogP contribution is -2.27. The Morgan fingerprint density at radius 3 is 2.13 bits per heavy atom. The van der Waals surface area contributed by atoms with Gasteiger partial charge in [-0.3, -0.25) is 9.59 Å². The van der Waals surface area contributed by atoms with Crippen molar-refractivity contribution in [1.29, 1.82) is 0 Å². The van der Waals surface area contributed by atoms with Crippen molar-refractivity contribution in [3.05, 3.63) is 72.8 Å². The number of alkyl halides is 1. The number of carbonyl (C=O) groups excluding carboxylic acids is 2. The zero-order valence-corrected chi connectivity index (χ0v) is 19.7. The van der Waals surface area contributed by atoms with Gasteiger partial charge in [0.25, 0.3) is 0 Å². The highest BCUT2D eigenvalue weighted by Gasteiger charge is 2.26. The molecular formula is C25H22BrO4S+. The average Bonchev–Trinajstić information content (AvgIpc) is 3.08. The molecule has 4 rings (SSSR count). The molecule has 4 aromatic rings. The van der Waals surface area contributed by atoms with Gasteiger partial charge in [-0.15, -0.1) is 0 Å². The molecule has 0 bridgehead atoms. The summed E-state index contributed by atoms with van der Waals surface area (Å²) in [6.07, 6.45) is -0.00354. The van der Waals surface area contributed by atoms with Crippen molar-refractivity contribution in [1.82, 2.24) is 0 Å². The minimum atomic E-state index is -0.778. The normalized spacial score (nSPS) is 11.6. The van der Waals surface area contributed by atoms with E-state index in [9.17, 15) is 9.59 Å². The van der Waals surface area contributed by atoms with E-state index in [2.05, 4.69) is 70.5 Å². The fourth-order valence-electron chi connectivity index (χ4n) is 3.35. The van der Waals surface area contributed by atoms with Gasteiger partial charge in [0.2, 0.25) is 0 Å². The standard InChI is InChI=1S/C25H22BrO4S/c1-25(2,26)24(28)29-15-14-23(27)30-17-8-7-9-18(16-17)31-21-12-5-3-10-19(21)20-11-4-6-13-22(20)31/h3-13,16H,14-15H2,1-2H3/q+1. The van der Waals surface area contributed by atoms with E-state index in [1.165, 1.54) is 20.2 Å². The number of fused-ring (bicyclic) bond motifs is 3. The molecule has 4 nitrogen and oxygen atoms in total. The SMILES string of the molecule is CC(C)(Br)C(=O)OCCC(=O)Oc1cccc(-[s+]2c3ccccc3c3ccccc32)c1. The molecule has 158 valence electrons. The maximum Gasteiger partial charge on any atom is 0.322 e. The first-order valence-electron chi connectivity index (χ1n) is 9.94. The van der Waals surface area contributed by atoms with Gasteiger partial charge in [0.1, 0.15) is 16.7 Å². The van der Waals surface area contributed by atoms with Crippen LogP contribution < -0.4 is 4.74 Å². The van der Waals surface area contributed by atoms with Gasteiger partial charge < -0.3 is 9.47 Å². The molecule has 0 aliphatic heterocycles. The van der Waals surface area contributed by atoms with E-state index in [1.807, 2.05) is 12.1 Å². The molecular weight excluding hydrogens is 476 g/mol. The zero-order chi connectivity index (χ0) is 22.0. The van der Waals surface area contributed by atoms with Crippen molar-refractivity contribution in [3.8, 4) is 10.6 Å². The third-order valence-corrected chi connectivity index (χ3v) is 7.44. The van der Waals surface area contributed by atoms with Gasteiger partial charge in [-0.2, -0.15) is 0 Å². The van der Waals surface area contributed by atoms with E-state index in [0.29, 0.717) is 5.75 Å². The zero-order valence-electron chi connectivity index (χ0n) is 17.3. The molecule has 0 spiro atoms. The monoisotopic (exact) mass is 497 g/mol. The predicted molar refractivity (Wildman–Crippen MR) is 129 cm³/mol. The van der Waals surface area contributed by atoms with Crippen LogP contribution in [0, 0.1) is 0 Å². The molecule has 0 saturated heterocycles. The van der Waals surface area contributed by atoms with Crippen LogP contribution in [0.15, 0.2) is 72.8 Å². The first-order valence-corrected chi connectivity index (χ1v) is 12.0. The molecule has 31 heavy (non-hydrogen) atoms. The van der Waals surface area contributed by atoms with Gasteiger partial charge in [-0.05, 0) is 50.2 Å². The molecule has 0 radical (unpaired) electrons. The Kier molecular flexibility index (Phi) is 6.12. The summed E-state index contributed by atoms with van der Waals surface area (Å²) >= 11 is 3.24. The molecule has 6 heteroatoms. The quantitative estimate of drug-likeness (QED) is 0.128. The lowest BCUT2D eigenvalue weighted by Gasteiger charge is -2.14. The number of thiophene rings is 1. The summed E-state index contributed by atoms with van der Waals surface area (Å²) in [4.78, 5) is 25.1. The molecule has 0 amide bonds. The highest BCUT2D eigenvalue weighted by atomic mass is 79.9. The van der Waals surface area contributed by atoms with E-state index in [1.54, 1.807) is 19.9 Å². The van der Waals surface area contributed by atoms with Gasteiger partial charge in [0, 0.05) is 27.3 Å². The van der Waals surface area contributed by atoms with Crippen molar-refractivity contribution >= 4 is 58.5 Å². The maximum atomic E-state index is 12.3. The van der Waals surface area contributed by atoms with Crippen LogP contribution in [0.5, 0.6) is 5.75 Å². The molecule has 0 saturated carbocycles. The third kappa shape index (κ3) is 4.65. The molecule has 0 unspecified atom stereocenters. The van der Waals surface area contributed by atoms with Crippen LogP contribution in [-0.4, -0.2) is 22.9 Å². The second-order valence-electron chi connectivity index (χ2n) is 7.61. The Balaban J connectivity index is 1.56. The molecule has 0 fully saturated rings. The lowest BCUT2D eigenvalue weighted by atomic mass is 10.2. The van der Waals surface area contributed by atoms with Gasteiger partial charge in [-0.25, -0.2) is 0 Å². The van der Waals surface area contributed by atoms with Crippen molar-refractivity contribution in [2.75, 3.05) is 6.61 Å². The number of rotatable bonds is 6. The molecule has 0 aliphatic carbocycles. The molecule has 0 aliphatic rings. The largest absolute Gasteiger partial charge is 0.464 e. The molecule has 0 N–H and O–H groups in total. The summed E-state index contributed by atoms with van der Waals surface area (Å²) in [7, 11) is -0.253. The van der Waals surface area contributed by atoms with Gasteiger partial charge in [0.05, 0.1) is 6.42 Å². The van der Waals surface area contributed by atoms with Crippen LogP contribution in [0.4, 0.5) is 0 Å². The fourth-order valence-corrected chi connectivity index (χ4v) is 5.89. The molecule has 3 aromatic carbocycles. The summed E-state index contributed by atoms with van der Waals surface area (Å²) in [5, 5.41) is 2.50. The van der Waals surface area contributed by atoms with E-state index < -0.39 is 16.3 Å². The molecule has 1 heterocycles. The van der Waals surface area contributed by atoms with E-state index in [-0.39, 0.29) is 23.5 Å². The van der Waals surface area contributed by atoms with Gasteiger partial charge in [-0.1, -0.05) is 46.3 Å². The highest BCUT2D eigenvalue weighted by molar-refractivity contribution is 9.10. The second kappa shape index (κ2) is 8.81. The van der Waals surface area contributed by atoms with Crippen LogP contribution in [0.3, 0.4) is 0 Å². The van der Waals surface area contributed by atoms with Crippen LogP contribution >= 0.6 is 26.4 Å². The van der Waals surface area contributed by atoms with Crippen LogP contribution in [0.2, 0.25) is 0 Å². The van der Waals surface area contributed by atoms with Gasteiger partial charge in [0.15, 0.2) is 14.3 Å². The Bertz CT molecular complexity index is 1220. The minimum Gasteiger partial charge on any atom is -0.464 e. The highest BCUT2D eigenvalue weighted by Crippen LogP contribution is 2.48. The number of benzene rings is 3. The van der Waals surface area contributed by atoms with E-state index in [0.717, 1.165) is 4.90 Å². The average molecular weight is 498 g/mol. The number of hydrogen-bond donors (Lipinski definition) is 0. The topological polar surface area (TPSA) is 52.6 Å². The Labute approximate surface area is 191 Å². The molecule has 0 atom stereocenters. The maximum absolute atomic E-state index is 12.3. The van der Waals surface area contributed by atoms with Crippen molar-refractivity contribution in [2.24, 2.45) is 0 Å². The second-order valence-corrected chi connectivity index (χ2v) is 11.6. The van der Waals surface area contributed by atoms with Crippen molar-refractivity contribution in [2.45, 2.75) is 24.6 Å². The number of esters is 2. The first-order chi connectivity index (χ1) is 14.8. The van der Waals surface area contributed by atoms with Crippen LogP contribution in [-0.2, 0) is 14.3 Å². The fraction of sp³-hybridized carbons (Fsp3) is 0.200. The summed E-state index contributed by atoms with van der Waals surface area (Å²) < 4.78 is 12.4. The predicted octanol–water partition coefficient (Wildman–Crippen LogP) is 6.74. The lowest BCUT2D eigenvalue weighted by molar-refractivity contribution is -0.147. The van der Waals surface area contributed by atoms with Crippen LogP contribution in [0.1, 0.15) is 20.3 Å². The third-order valence-electron chi connectivity index (χ3n) is 4.80. The summed E-state index contributed by atoms with van der Waals surface area (Å²) in [6.45, 7) is 3.37. The smallest absolute Gasteiger partial charge is 0.322 e. The van der Waals surface area contributed by atoms with E-state index in [4.69, 9.17) is 9.47 Å². The Hall–Kier alpha value is -2.70.